The van der Waals surface area contributed by atoms with E-state index in [1.165, 1.54) is 23.9 Å². The van der Waals surface area contributed by atoms with Gasteiger partial charge in [0.15, 0.2) is 0 Å². The molecule has 0 unspecified atom stereocenters. The number of halogens is 2. The van der Waals surface area contributed by atoms with Gasteiger partial charge in [-0.2, -0.15) is 0 Å². The average Bonchev–Trinajstić information content (AvgIpc) is 3.29. The number of thioether (sulfide) groups is 1. The molecule has 1 heterocycles. The van der Waals surface area contributed by atoms with Crippen LogP contribution in [0.5, 0.6) is 0 Å². The molecule has 0 radical (unpaired) electrons. The number of carbonyl (C=O) groups is 1. The molecule has 1 aliphatic rings. The summed E-state index contributed by atoms with van der Waals surface area (Å²) in [5, 5.41) is 10.2. The lowest BCUT2D eigenvalue weighted by atomic mass is 10.2. The zero-order valence-corrected chi connectivity index (χ0v) is 13.9. The number of aryl methyl sites for hydroxylation is 1. The summed E-state index contributed by atoms with van der Waals surface area (Å²) in [5.74, 6) is 0.0203. The Kier molecular flexibility index (Phi) is 4.55. The number of hydrogen-bond acceptors (Lipinski definition) is 4. The summed E-state index contributed by atoms with van der Waals surface area (Å²) < 4.78 is 13.1. The van der Waals surface area contributed by atoms with E-state index in [1.807, 2.05) is 0 Å². The number of carboxylic acids is 1. The standard InChI is InChI=1S/C16H14ClFN2O2S/c1-8-13(16(21)22)15(20-14(19-8)9-2-3-9)23-7-10-4-5-11(18)6-12(10)17/h4-6,9H,2-3,7H2,1H3,(H,21,22). The van der Waals surface area contributed by atoms with Crippen molar-refractivity contribution in [3.8, 4) is 0 Å². The average molecular weight is 353 g/mol. The Labute approximate surface area is 142 Å². The third kappa shape index (κ3) is 3.64. The van der Waals surface area contributed by atoms with E-state index >= 15 is 0 Å². The molecule has 1 N–H and O–H groups in total. The van der Waals surface area contributed by atoms with Gasteiger partial charge in [-0.3, -0.25) is 0 Å². The van der Waals surface area contributed by atoms with Crippen molar-refractivity contribution in [3.63, 3.8) is 0 Å². The molecule has 7 heteroatoms. The highest BCUT2D eigenvalue weighted by Crippen LogP contribution is 2.39. The van der Waals surface area contributed by atoms with Crippen LogP contribution in [0, 0.1) is 12.7 Å². The molecular weight excluding hydrogens is 339 g/mol. The van der Waals surface area contributed by atoms with Crippen molar-refractivity contribution in [1.29, 1.82) is 0 Å². The molecule has 23 heavy (non-hydrogen) atoms. The Morgan fingerprint density at radius 1 is 1.43 bits per heavy atom. The van der Waals surface area contributed by atoms with E-state index in [9.17, 15) is 14.3 Å². The summed E-state index contributed by atoms with van der Waals surface area (Å²) in [6, 6.07) is 4.18. The Hall–Kier alpha value is -1.66. The molecule has 1 aromatic heterocycles. The summed E-state index contributed by atoms with van der Waals surface area (Å²) in [6.07, 6.45) is 2.08. The van der Waals surface area contributed by atoms with Gasteiger partial charge in [0.1, 0.15) is 22.2 Å². The van der Waals surface area contributed by atoms with Gasteiger partial charge in [-0.05, 0) is 37.5 Å². The maximum Gasteiger partial charge on any atom is 0.340 e. The van der Waals surface area contributed by atoms with Crippen molar-refractivity contribution >= 4 is 29.3 Å². The van der Waals surface area contributed by atoms with Crippen LogP contribution in [0.25, 0.3) is 0 Å². The number of carboxylic acid groups (broad SMARTS) is 1. The Bertz CT molecular complexity index is 781. The molecule has 0 spiro atoms. The van der Waals surface area contributed by atoms with Crippen molar-refractivity contribution in [2.24, 2.45) is 0 Å². The summed E-state index contributed by atoms with van der Waals surface area (Å²) >= 11 is 7.30. The monoisotopic (exact) mass is 352 g/mol. The molecule has 0 atom stereocenters. The van der Waals surface area contributed by atoms with Gasteiger partial charge in [0.05, 0.1) is 5.69 Å². The van der Waals surface area contributed by atoms with E-state index < -0.39 is 11.8 Å². The zero-order chi connectivity index (χ0) is 16.6. The molecule has 0 aliphatic heterocycles. The number of aromatic carboxylic acids is 1. The SMILES string of the molecule is Cc1nc(C2CC2)nc(SCc2ccc(F)cc2Cl)c1C(=O)O. The van der Waals surface area contributed by atoms with Crippen LogP contribution in [-0.2, 0) is 5.75 Å². The fourth-order valence-corrected chi connectivity index (χ4v) is 3.62. The van der Waals surface area contributed by atoms with Gasteiger partial charge in [0, 0.05) is 16.7 Å². The van der Waals surface area contributed by atoms with Gasteiger partial charge in [-0.25, -0.2) is 19.2 Å². The van der Waals surface area contributed by atoms with Crippen LogP contribution in [0.2, 0.25) is 5.02 Å². The quantitative estimate of drug-likeness (QED) is 0.636. The predicted molar refractivity (Wildman–Crippen MR) is 86.7 cm³/mol. The van der Waals surface area contributed by atoms with Crippen LogP contribution < -0.4 is 0 Å². The largest absolute Gasteiger partial charge is 0.478 e. The smallest absolute Gasteiger partial charge is 0.340 e. The highest BCUT2D eigenvalue weighted by Gasteiger charge is 2.29. The second-order valence-electron chi connectivity index (χ2n) is 5.45. The molecule has 0 bridgehead atoms. The molecule has 1 fully saturated rings. The Morgan fingerprint density at radius 2 is 2.17 bits per heavy atom. The van der Waals surface area contributed by atoms with Crippen molar-refractivity contribution < 1.29 is 14.3 Å². The second-order valence-corrected chi connectivity index (χ2v) is 6.82. The predicted octanol–water partition coefficient (Wildman–Crippen LogP) is 4.45. The van der Waals surface area contributed by atoms with E-state index in [0.717, 1.165) is 18.4 Å². The molecule has 120 valence electrons. The van der Waals surface area contributed by atoms with Crippen LogP contribution in [0.3, 0.4) is 0 Å². The summed E-state index contributed by atoms with van der Waals surface area (Å²) in [6.45, 7) is 1.69. The molecule has 0 amide bonds. The molecule has 4 nitrogen and oxygen atoms in total. The first-order chi connectivity index (χ1) is 11.0. The second kappa shape index (κ2) is 6.45. The lowest BCUT2D eigenvalue weighted by Crippen LogP contribution is -2.09. The van der Waals surface area contributed by atoms with Gasteiger partial charge >= 0.3 is 5.97 Å². The van der Waals surface area contributed by atoms with Crippen LogP contribution in [0.1, 0.15) is 46.2 Å². The van der Waals surface area contributed by atoms with Crippen molar-refractivity contribution in [1.82, 2.24) is 9.97 Å². The third-order valence-electron chi connectivity index (χ3n) is 3.61. The highest BCUT2D eigenvalue weighted by molar-refractivity contribution is 7.98. The fraction of sp³-hybridized carbons (Fsp3) is 0.312. The molecular formula is C16H14ClFN2O2S. The van der Waals surface area contributed by atoms with Crippen LogP contribution >= 0.6 is 23.4 Å². The number of hydrogen-bond donors (Lipinski definition) is 1. The first-order valence-corrected chi connectivity index (χ1v) is 8.50. The maximum absolute atomic E-state index is 13.1. The number of nitrogens with zero attached hydrogens (tertiary/aromatic N) is 2. The minimum atomic E-state index is -1.04. The van der Waals surface area contributed by atoms with Gasteiger partial charge in [0.25, 0.3) is 0 Å². The van der Waals surface area contributed by atoms with Crippen molar-refractivity contribution in [3.05, 3.63) is 51.7 Å². The zero-order valence-electron chi connectivity index (χ0n) is 12.3. The van der Waals surface area contributed by atoms with Gasteiger partial charge in [0.2, 0.25) is 0 Å². The van der Waals surface area contributed by atoms with Gasteiger partial charge < -0.3 is 5.11 Å². The summed E-state index contributed by atoms with van der Waals surface area (Å²) in [4.78, 5) is 20.2. The fourth-order valence-electron chi connectivity index (χ4n) is 2.23. The van der Waals surface area contributed by atoms with E-state index in [2.05, 4.69) is 9.97 Å². The van der Waals surface area contributed by atoms with Crippen LogP contribution in [0.4, 0.5) is 4.39 Å². The molecule has 1 saturated carbocycles. The highest BCUT2D eigenvalue weighted by atomic mass is 35.5. The van der Waals surface area contributed by atoms with Gasteiger partial charge in [-0.1, -0.05) is 17.7 Å². The Balaban J connectivity index is 1.89. The van der Waals surface area contributed by atoms with Crippen LogP contribution in [0.15, 0.2) is 23.2 Å². The first-order valence-electron chi connectivity index (χ1n) is 7.14. The van der Waals surface area contributed by atoms with Crippen LogP contribution in [-0.4, -0.2) is 21.0 Å². The molecule has 1 aliphatic carbocycles. The summed E-state index contributed by atoms with van der Waals surface area (Å²) in [5.41, 5.74) is 1.33. The number of rotatable bonds is 5. The first kappa shape index (κ1) is 16.2. The molecule has 1 aromatic carbocycles. The van der Waals surface area contributed by atoms with Crippen molar-refractivity contribution in [2.75, 3.05) is 0 Å². The van der Waals surface area contributed by atoms with E-state index in [1.54, 1.807) is 13.0 Å². The van der Waals surface area contributed by atoms with E-state index in [0.29, 0.717) is 33.2 Å². The molecule has 2 aromatic rings. The van der Waals surface area contributed by atoms with E-state index in [-0.39, 0.29) is 5.56 Å². The number of aromatic nitrogens is 2. The maximum atomic E-state index is 13.1. The molecule has 3 rings (SSSR count). The normalized spacial score (nSPS) is 14.0. The van der Waals surface area contributed by atoms with E-state index in [4.69, 9.17) is 11.6 Å². The lowest BCUT2D eigenvalue weighted by molar-refractivity contribution is 0.0690. The Morgan fingerprint density at radius 3 is 2.78 bits per heavy atom. The topological polar surface area (TPSA) is 63.1 Å². The lowest BCUT2D eigenvalue weighted by Gasteiger charge is -2.10. The molecule has 0 saturated heterocycles. The minimum Gasteiger partial charge on any atom is -0.478 e. The van der Waals surface area contributed by atoms with Crippen molar-refractivity contribution in [2.45, 2.75) is 36.5 Å². The third-order valence-corrected chi connectivity index (χ3v) is 4.99. The summed E-state index contributed by atoms with van der Waals surface area (Å²) in [7, 11) is 0. The van der Waals surface area contributed by atoms with Gasteiger partial charge in [-0.15, -0.1) is 11.8 Å². The minimum absolute atomic E-state index is 0.123. The number of benzene rings is 1.